The molecular weight excluding hydrogens is 162 g/mol. The van der Waals surface area contributed by atoms with Crippen molar-refractivity contribution in [3.8, 4) is 0 Å². The molecule has 1 unspecified atom stereocenters. The zero-order chi connectivity index (χ0) is 9.26. The van der Waals surface area contributed by atoms with Crippen molar-refractivity contribution in [1.82, 2.24) is 10.3 Å². The van der Waals surface area contributed by atoms with Gasteiger partial charge in [-0.2, -0.15) is 0 Å². The predicted octanol–water partition coefficient (Wildman–Crippen LogP) is 1.13. The second-order valence-corrected chi connectivity index (χ2v) is 3.45. The summed E-state index contributed by atoms with van der Waals surface area (Å²) in [6, 6.07) is 4.48. The van der Waals surface area contributed by atoms with Crippen LogP contribution in [0.3, 0.4) is 0 Å². The lowest BCUT2D eigenvalue weighted by Gasteiger charge is -2.05. The standard InChI is InChI=1S/C10H13N3/c1-7-3-4-11-9(5-7)10-12-6-8(2)13-10/h3-5,8H,6H2,1-2H3,(H,12,13). The zero-order valence-electron chi connectivity index (χ0n) is 7.91. The van der Waals surface area contributed by atoms with E-state index in [2.05, 4.69) is 29.1 Å². The van der Waals surface area contributed by atoms with E-state index in [1.807, 2.05) is 18.3 Å². The van der Waals surface area contributed by atoms with Crippen LogP contribution in [0.25, 0.3) is 0 Å². The summed E-state index contributed by atoms with van der Waals surface area (Å²) in [4.78, 5) is 8.63. The van der Waals surface area contributed by atoms with Crippen molar-refractivity contribution in [2.75, 3.05) is 6.54 Å². The Morgan fingerprint density at radius 1 is 1.54 bits per heavy atom. The van der Waals surface area contributed by atoms with Crippen LogP contribution in [-0.4, -0.2) is 23.4 Å². The van der Waals surface area contributed by atoms with Crippen molar-refractivity contribution >= 4 is 5.84 Å². The lowest BCUT2D eigenvalue weighted by Crippen LogP contribution is -2.28. The second-order valence-electron chi connectivity index (χ2n) is 3.45. The molecule has 1 aromatic heterocycles. The van der Waals surface area contributed by atoms with Crippen molar-refractivity contribution in [2.45, 2.75) is 19.9 Å². The number of rotatable bonds is 1. The molecule has 0 saturated carbocycles. The quantitative estimate of drug-likeness (QED) is 0.694. The molecule has 2 rings (SSSR count). The highest BCUT2D eigenvalue weighted by molar-refractivity contribution is 5.98. The molecule has 0 fully saturated rings. The fourth-order valence-electron chi connectivity index (χ4n) is 1.37. The maximum absolute atomic E-state index is 4.37. The van der Waals surface area contributed by atoms with E-state index >= 15 is 0 Å². The summed E-state index contributed by atoms with van der Waals surface area (Å²) >= 11 is 0. The maximum Gasteiger partial charge on any atom is 0.147 e. The van der Waals surface area contributed by atoms with Gasteiger partial charge in [0.2, 0.25) is 0 Å². The highest BCUT2D eigenvalue weighted by Crippen LogP contribution is 2.05. The molecule has 1 aromatic rings. The summed E-state index contributed by atoms with van der Waals surface area (Å²) in [5, 5.41) is 3.28. The molecule has 0 spiro atoms. The normalized spacial score (nSPS) is 21.1. The van der Waals surface area contributed by atoms with E-state index in [0.29, 0.717) is 6.04 Å². The molecule has 1 atom stereocenters. The monoisotopic (exact) mass is 175 g/mol. The first-order valence-corrected chi connectivity index (χ1v) is 4.50. The maximum atomic E-state index is 4.37. The number of pyridine rings is 1. The minimum atomic E-state index is 0.442. The zero-order valence-corrected chi connectivity index (χ0v) is 7.91. The molecular formula is C10H13N3. The van der Waals surface area contributed by atoms with E-state index in [0.717, 1.165) is 18.1 Å². The fraction of sp³-hybridized carbons (Fsp3) is 0.400. The number of nitrogens with one attached hydrogen (secondary N) is 1. The van der Waals surface area contributed by atoms with E-state index in [9.17, 15) is 0 Å². The van der Waals surface area contributed by atoms with Crippen LogP contribution in [0.15, 0.2) is 23.3 Å². The van der Waals surface area contributed by atoms with Crippen LogP contribution < -0.4 is 5.32 Å². The molecule has 2 heterocycles. The van der Waals surface area contributed by atoms with E-state index in [1.54, 1.807) is 0 Å². The third-order valence-electron chi connectivity index (χ3n) is 2.06. The average Bonchev–Trinajstić information content (AvgIpc) is 2.52. The summed E-state index contributed by atoms with van der Waals surface area (Å²) < 4.78 is 0. The molecule has 3 heteroatoms. The summed E-state index contributed by atoms with van der Waals surface area (Å²) in [6.45, 7) is 5.03. The van der Waals surface area contributed by atoms with Crippen LogP contribution in [0, 0.1) is 6.92 Å². The van der Waals surface area contributed by atoms with Crippen LogP contribution in [-0.2, 0) is 0 Å². The van der Waals surface area contributed by atoms with Gasteiger partial charge in [-0.3, -0.25) is 9.98 Å². The smallest absolute Gasteiger partial charge is 0.147 e. The summed E-state index contributed by atoms with van der Waals surface area (Å²) in [5.41, 5.74) is 2.17. The van der Waals surface area contributed by atoms with E-state index in [4.69, 9.17) is 0 Å². The van der Waals surface area contributed by atoms with Crippen LogP contribution in [0.4, 0.5) is 0 Å². The molecule has 0 amide bonds. The van der Waals surface area contributed by atoms with Crippen molar-refractivity contribution < 1.29 is 0 Å². The number of aromatic nitrogens is 1. The van der Waals surface area contributed by atoms with Gasteiger partial charge in [-0.1, -0.05) is 0 Å². The number of hydrogen-bond donors (Lipinski definition) is 1. The van der Waals surface area contributed by atoms with Crippen molar-refractivity contribution in [2.24, 2.45) is 4.99 Å². The first-order valence-electron chi connectivity index (χ1n) is 4.50. The van der Waals surface area contributed by atoms with Gasteiger partial charge in [0, 0.05) is 12.2 Å². The third-order valence-corrected chi connectivity index (χ3v) is 2.06. The van der Waals surface area contributed by atoms with Crippen LogP contribution in [0.2, 0.25) is 0 Å². The summed E-state index contributed by atoms with van der Waals surface area (Å²) in [5.74, 6) is 0.927. The molecule has 0 aliphatic carbocycles. The molecule has 0 radical (unpaired) electrons. The Bertz CT molecular complexity index is 344. The van der Waals surface area contributed by atoms with Gasteiger partial charge in [-0.05, 0) is 31.5 Å². The highest BCUT2D eigenvalue weighted by atomic mass is 15.1. The molecule has 0 saturated heterocycles. The summed E-state index contributed by atoms with van der Waals surface area (Å²) in [7, 11) is 0. The Hall–Kier alpha value is -1.38. The van der Waals surface area contributed by atoms with Gasteiger partial charge in [0.05, 0.1) is 6.54 Å². The van der Waals surface area contributed by atoms with E-state index < -0.39 is 0 Å². The molecule has 1 aliphatic heterocycles. The third kappa shape index (κ3) is 1.69. The van der Waals surface area contributed by atoms with E-state index in [-0.39, 0.29) is 0 Å². The van der Waals surface area contributed by atoms with Crippen molar-refractivity contribution in [1.29, 1.82) is 0 Å². The van der Waals surface area contributed by atoms with Gasteiger partial charge in [-0.25, -0.2) is 0 Å². The number of hydrogen-bond acceptors (Lipinski definition) is 3. The highest BCUT2D eigenvalue weighted by Gasteiger charge is 2.14. The molecule has 1 N–H and O–H groups in total. The van der Waals surface area contributed by atoms with E-state index in [1.165, 1.54) is 5.56 Å². The number of aryl methyl sites for hydroxylation is 1. The first-order chi connectivity index (χ1) is 6.25. The molecule has 13 heavy (non-hydrogen) atoms. The second kappa shape index (κ2) is 3.17. The van der Waals surface area contributed by atoms with Gasteiger partial charge < -0.3 is 5.32 Å². The van der Waals surface area contributed by atoms with Gasteiger partial charge in [0.15, 0.2) is 0 Å². The largest absolute Gasteiger partial charge is 0.364 e. The average molecular weight is 175 g/mol. The lowest BCUT2D eigenvalue weighted by molar-refractivity contribution is 0.725. The fourth-order valence-corrected chi connectivity index (χ4v) is 1.37. The van der Waals surface area contributed by atoms with Crippen LogP contribution in [0.5, 0.6) is 0 Å². The Morgan fingerprint density at radius 2 is 2.38 bits per heavy atom. The molecule has 1 aliphatic rings. The number of aliphatic imine (C=N–C) groups is 1. The predicted molar refractivity (Wildman–Crippen MR) is 53.0 cm³/mol. The Balaban J connectivity index is 2.26. The van der Waals surface area contributed by atoms with Gasteiger partial charge in [0.25, 0.3) is 0 Å². The van der Waals surface area contributed by atoms with Crippen LogP contribution >= 0.6 is 0 Å². The Kier molecular flexibility index (Phi) is 2.00. The summed E-state index contributed by atoms with van der Waals surface area (Å²) in [6.07, 6.45) is 1.82. The molecule has 68 valence electrons. The first kappa shape index (κ1) is 8.23. The van der Waals surface area contributed by atoms with Crippen molar-refractivity contribution in [3.63, 3.8) is 0 Å². The van der Waals surface area contributed by atoms with Gasteiger partial charge >= 0.3 is 0 Å². The van der Waals surface area contributed by atoms with Crippen LogP contribution in [0.1, 0.15) is 18.2 Å². The molecule has 0 bridgehead atoms. The Morgan fingerprint density at radius 3 is 3.00 bits per heavy atom. The minimum absolute atomic E-state index is 0.442. The molecule has 0 aromatic carbocycles. The number of nitrogens with zero attached hydrogens (tertiary/aromatic N) is 2. The number of amidine groups is 1. The SMILES string of the molecule is Cc1ccnc(C2=NCC(C)N2)c1. The Labute approximate surface area is 77.9 Å². The lowest BCUT2D eigenvalue weighted by atomic mass is 10.2. The topological polar surface area (TPSA) is 37.3 Å². The molecule has 3 nitrogen and oxygen atoms in total. The minimum Gasteiger partial charge on any atom is -0.364 e. The van der Waals surface area contributed by atoms with Gasteiger partial charge in [0.1, 0.15) is 11.5 Å². The van der Waals surface area contributed by atoms with Gasteiger partial charge in [-0.15, -0.1) is 0 Å². The van der Waals surface area contributed by atoms with Crippen molar-refractivity contribution in [3.05, 3.63) is 29.6 Å².